The molecular weight excluding hydrogens is 218 g/mol. The number of halogens is 2. The third kappa shape index (κ3) is 2.36. The fraction of sp³-hybridized carbons (Fsp3) is 0.364. The second kappa shape index (κ2) is 4.57. The molecule has 0 heterocycles. The van der Waals surface area contributed by atoms with Gasteiger partial charge in [-0.15, -0.1) is 0 Å². The summed E-state index contributed by atoms with van der Waals surface area (Å²) in [6.07, 6.45) is -1.75. The topological polar surface area (TPSA) is 57.5 Å². The molecule has 0 aromatic heterocycles. The molecule has 1 aromatic carbocycles. The van der Waals surface area contributed by atoms with Gasteiger partial charge < -0.3 is 10.2 Å². The molecular formula is C11H12F2O3. The molecule has 2 atom stereocenters. The molecule has 0 radical (unpaired) electrons. The van der Waals surface area contributed by atoms with Gasteiger partial charge in [-0.2, -0.15) is 0 Å². The minimum absolute atomic E-state index is 0.137. The van der Waals surface area contributed by atoms with Gasteiger partial charge in [-0.05, 0) is 30.2 Å². The SMILES string of the molecule is Cc1cc(F)c(C(C)C(O)C(=O)O)cc1F. The number of aliphatic hydroxyl groups excluding tert-OH is 1. The number of aliphatic carboxylic acids is 1. The van der Waals surface area contributed by atoms with Crippen molar-refractivity contribution in [1.29, 1.82) is 0 Å². The van der Waals surface area contributed by atoms with Gasteiger partial charge in [0.05, 0.1) is 0 Å². The van der Waals surface area contributed by atoms with Crippen LogP contribution < -0.4 is 0 Å². The van der Waals surface area contributed by atoms with Crippen LogP contribution in [0, 0.1) is 18.6 Å². The molecule has 2 N–H and O–H groups in total. The van der Waals surface area contributed by atoms with Crippen molar-refractivity contribution in [3.05, 3.63) is 34.9 Å². The Kier molecular flexibility index (Phi) is 3.59. The predicted molar refractivity (Wildman–Crippen MR) is 53.2 cm³/mol. The molecule has 0 saturated heterocycles. The molecule has 0 bridgehead atoms. The monoisotopic (exact) mass is 230 g/mol. The van der Waals surface area contributed by atoms with Gasteiger partial charge in [0.1, 0.15) is 11.6 Å². The highest BCUT2D eigenvalue weighted by Crippen LogP contribution is 2.25. The van der Waals surface area contributed by atoms with Gasteiger partial charge in [0.15, 0.2) is 6.10 Å². The summed E-state index contributed by atoms with van der Waals surface area (Å²) in [5, 5.41) is 17.8. The largest absolute Gasteiger partial charge is 0.479 e. The van der Waals surface area contributed by atoms with Gasteiger partial charge in [-0.25, -0.2) is 13.6 Å². The van der Waals surface area contributed by atoms with Gasteiger partial charge in [0.2, 0.25) is 0 Å². The van der Waals surface area contributed by atoms with Crippen LogP contribution in [0.5, 0.6) is 0 Å². The van der Waals surface area contributed by atoms with Gasteiger partial charge in [-0.1, -0.05) is 6.92 Å². The van der Waals surface area contributed by atoms with Crippen molar-refractivity contribution in [1.82, 2.24) is 0 Å². The first kappa shape index (κ1) is 12.6. The van der Waals surface area contributed by atoms with Crippen molar-refractivity contribution in [3.63, 3.8) is 0 Å². The Morgan fingerprint density at radius 1 is 1.31 bits per heavy atom. The first-order chi connectivity index (χ1) is 7.34. The summed E-state index contributed by atoms with van der Waals surface area (Å²) in [5.74, 6) is -3.81. The number of hydrogen-bond acceptors (Lipinski definition) is 2. The van der Waals surface area contributed by atoms with Crippen LogP contribution in [0.4, 0.5) is 8.78 Å². The number of aliphatic hydroxyl groups is 1. The Balaban J connectivity index is 3.13. The number of carboxylic acids is 1. The van der Waals surface area contributed by atoms with Crippen LogP contribution in [-0.2, 0) is 4.79 Å². The zero-order valence-electron chi connectivity index (χ0n) is 8.87. The molecule has 0 aliphatic heterocycles. The normalized spacial score (nSPS) is 14.6. The zero-order chi connectivity index (χ0) is 12.5. The standard InChI is InChI=1S/C11H12F2O3/c1-5-3-9(13)7(4-8(5)12)6(2)10(14)11(15)16/h3-4,6,10,14H,1-2H3,(H,15,16). The maximum absolute atomic E-state index is 13.4. The summed E-state index contributed by atoms with van der Waals surface area (Å²) in [7, 11) is 0. The number of carbonyl (C=O) groups is 1. The van der Waals surface area contributed by atoms with E-state index >= 15 is 0 Å². The van der Waals surface area contributed by atoms with Gasteiger partial charge >= 0.3 is 5.97 Å². The molecule has 0 aliphatic carbocycles. The van der Waals surface area contributed by atoms with Crippen LogP contribution >= 0.6 is 0 Å². The molecule has 3 nitrogen and oxygen atoms in total. The van der Waals surface area contributed by atoms with Crippen molar-refractivity contribution in [2.24, 2.45) is 0 Å². The van der Waals surface area contributed by atoms with Crippen LogP contribution in [0.1, 0.15) is 24.0 Å². The van der Waals surface area contributed by atoms with Crippen LogP contribution in [0.15, 0.2) is 12.1 Å². The summed E-state index contributed by atoms with van der Waals surface area (Å²) in [5.41, 5.74) is -0.00346. The summed E-state index contributed by atoms with van der Waals surface area (Å²) in [6, 6.07) is 1.90. The summed E-state index contributed by atoms with van der Waals surface area (Å²) in [6.45, 7) is 2.73. The highest BCUT2D eigenvalue weighted by molar-refractivity contribution is 5.73. The zero-order valence-corrected chi connectivity index (χ0v) is 8.87. The minimum atomic E-state index is -1.75. The van der Waals surface area contributed by atoms with E-state index in [1.54, 1.807) is 0 Å². The van der Waals surface area contributed by atoms with E-state index in [0.29, 0.717) is 0 Å². The average molecular weight is 230 g/mol. The smallest absolute Gasteiger partial charge is 0.333 e. The fourth-order valence-corrected chi connectivity index (χ4v) is 1.39. The van der Waals surface area contributed by atoms with E-state index < -0.39 is 29.6 Å². The second-order valence-corrected chi connectivity index (χ2v) is 3.69. The number of rotatable bonds is 3. The maximum atomic E-state index is 13.4. The minimum Gasteiger partial charge on any atom is -0.479 e. The van der Waals surface area contributed by atoms with Gasteiger partial charge in [-0.3, -0.25) is 0 Å². The molecule has 2 unspecified atom stereocenters. The number of carboxylic acid groups (broad SMARTS) is 1. The van der Waals surface area contributed by atoms with Crippen LogP contribution in [0.2, 0.25) is 0 Å². The van der Waals surface area contributed by atoms with Crippen LogP contribution in [-0.4, -0.2) is 22.3 Å². The Hall–Kier alpha value is -1.49. The summed E-state index contributed by atoms with van der Waals surface area (Å²) < 4.78 is 26.6. The van der Waals surface area contributed by atoms with Gasteiger partial charge in [0, 0.05) is 5.92 Å². The molecule has 0 amide bonds. The average Bonchev–Trinajstić information content (AvgIpc) is 2.21. The molecule has 1 rings (SSSR count). The van der Waals surface area contributed by atoms with Crippen molar-refractivity contribution in [2.45, 2.75) is 25.9 Å². The molecule has 88 valence electrons. The first-order valence-electron chi connectivity index (χ1n) is 4.71. The summed E-state index contributed by atoms with van der Waals surface area (Å²) in [4.78, 5) is 10.5. The fourth-order valence-electron chi connectivity index (χ4n) is 1.39. The van der Waals surface area contributed by atoms with E-state index in [9.17, 15) is 18.7 Å². The highest BCUT2D eigenvalue weighted by atomic mass is 19.1. The molecule has 0 fully saturated rings. The maximum Gasteiger partial charge on any atom is 0.333 e. The quantitative estimate of drug-likeness (QED) is 0.832. The number of benzene rings is 1. The molecule has 0 saturated carbocycles. The molecule has 16 heavy (non-hydrogen) atoms. The predicted octanol–water partition coefficient (Wildman–Crippen LogP) is 1.82. The van der Waals surface area contributed by atoms with Crippen molar-refractivity contribution >= 4 is 5.97 Å². The third-order valence-electron chi connectivity index (χ3n) is 2.50. The molecule has 5 heteroatoms. The van der Waals surface area contributed by atoms with E-state index in [4.69, 9.17) is 5.11 Å². The Labute approximate surface area is 91.3 Å². The first-order valence-corrected chi connectivity index (χ1v) is 4.71. The van der Waals surface area contributed by atoms with Crippen molar-refractivity contribution in [3.8, 4) is 0 Å². The highest BCUT2D eigenvalue weighted by Gasteiger charge is 2.26. The van der Waals surface area contributed by atoms with Crippen LogP contribution in [0.25, 0.3) is 0 Å². The van der Waals surface area contributed by atoms with E-state index in [0.717, 1.165) is 12.1 Å². The van der Waals surface area contributed by atoms with Crippen molar-refractivity contribution < 1.29 is 23.8 Å². The number of aryl methyl sites for hydroxylation is 1. The number of hydrogen-bond donors (Lipinski definition) is 2. The lowest BCUT2D eigenvalue weighted by Gasteiger charge is -2.16. The van der Waals surface area contributed by atoms with Gasteiger partial charge in [0.25, 0.3) is 0 Å². The second-order valence-electron chi connectivity index (χ2n) is 3.69. The third-order valence-corrected chi connectivity index (χ3v) is 2.50. The van der Waals surface area contributed by atoms with Crippen molar-refractivity contribution in [2.75, 3.05) is 0 Å². The van der Waals surface area contributed by atoms with E-state index in [2.05, 4.69) is 0 Å². The van der Waals surface area contributed by atoms with Crippen LogP contribution in [0.3, 0.4) is 0 Å². The lowest BCUT2D eigenvalue weighted by atomic mass is 9.94. The van der Waals surface area contributed by atoms with E-state index in [1.807, 2.05) is 0 Å². The Bertz CT molecular complexity index is 418. The van der Waals surface area contributed by atoms with E-state index in [-0.39, 0.29) is 11.1 Å². The lowest BCUT2D eigenvalue weighted by molar-refractivity contribution is -0.147. The lowest BCUT2D eigenvalue weighted by Crippen LogP contribution is -2.26. The van der Waals surface area contributed by atoms with E-state index in [1.165, 1.54) is 13.8 Å². The Morgan fingerprint density at radius 3 is 2.38 bits per heavy atom. The molecule has 0 aliphatic rings. The Morgan fingerprint density at radius 2 is 1.88 bits per heavy atom. The summed E-state index contributed by atoms with van der Waals surface area (Å²) >= 11 is 0. The molecule has 0 spiro atoms. The molecule has 1 aromatic rings.